The van der Waals surface area contributed by atoms with Crippen molar-refractivity contribution in [3.63, 3.8) is 0 Å². The van der Waals surface area contributed by atoms with Gasteiger partial charge in [0.05, 0.1) is 0 Å². The molecule has 0 saturated carbocycles. The second-order valence-electron chi connectivity index (χ2n) is 5.58. The summed E-state index contributed by atoms with van der Waals surface area (Å²) in [7, 11) is 0. The molecule has 0 atom stereocenters. The summed E-state index contributed by atoms with van der Waals surface area (Å²) in [6.07, 6.45) is 3.23. The Morgan fingerprint density at radius 1 is 1.33 bits per heavy atom. The van der Waals surface area contributed by atoms with Crippen LogP contribution in [0.4, 0.5) is 4.79 Å². The fourth-order valence-electron chi connectivity index (χ4n) is 2.04. The van der Waals surface area contributed by atoms with E-state index in [4.69, 9.17) is 4.74 Å². The van der Waals surface area contributed by atoms with Crippen LogP contribution in [0.25, 0.3) is 0 Å². The van der Waals surface area contributed by atoms with Gasteiger partial charge in [0.2, 0.25) is 0 Å². The molecule has 0 saturated heterocycles. The Hall–Kier alpha value is -1.58. The minimum Gasteiger partial charge on any atom is -0.444 e. The summed E-state index contributed by atoms with van der Waals surface area (Å²) in [6.45, 7) is 7.05. The first kappa shape index (κ1) is 12.9. The van der Waals surface area contributed by atoms with Gasteiger partial charge in [-0.25, -0.2) is 4.79 Å². The number of carbonyl (C=O) groups excluding carboxylic acids is 1. The molecule has 4 nitrogen and oxygen atoms in total. The molecule has 2 heterocycles. The average Bonchev–Trinajstić information content (AvgIpc) is 2.49. The Kier molecular flexibility index (Phi) is 3.55. The lowest BCUT2D eigenvalue weighted by molar-refractivity contribution is 0.0258. The molecule has 0 spiro atoms. The minimum absolute atomic E-state index is 0.227. The zero-order valence-electron chi connectivity index (χ0n) is 11.3. The van der Waals surface area contributed by atoms with E-state index in [9.17, 15) is 4.79 Å². The highest BCUT2D eigenvalue weighted by Crippen LogP contribution is 2.16. The van der Waals surface area contributed by atoms with Crippen molar-refractivity contribution in [2.24, 2.45) is 0 Å². The van der Waals surface area contributed by atoms with Crippen molar-refractivity contribution in [1.29, 1.82) is 0 Å². The molecule has 1 aliphatic rings. The molecule has 0 aliphatic carbocycles. The first-order valence-electron chi connectivity index (χ1n) is 6.36. The van der Waals surface area contributed by atoms with E-state index < -0.39 is 5.60 Å². The van der Waals surface area contributed by atoms with E-state index in [1.807, 2.05) is 33.0 Å². The van der Waals surface area contributed by atoms with E-state index in [1.165, 1.54) is 5.56 Å². The Morgan fingerprint density at radius 2 is 2.06 bits per heavy atom. The van der Waals surface area contributed by atoms with Gasteiger partial charge in [0.1, 0.15) is 5.60 Å². The van der Waals surface area contributed by atoms with Crippen LogP contribution in [0.2, 0.25) is 0 Å². The summed E-state index contributed by atoms with van der Waals surface area (Å²) < 4.78 is 5.40. The molecule has 0 unspecified atom stereocenters. The molecule has 4 heteroatoms. The van der Waals surface area contributed by atoms with Crippen molar-refractivity contribution < 1.29 is 9.53 Å². The summed E-state index contributed by atoms with van der Waals surface area (Å²) in [5.74, 6) is 0. The molecule has 0 aromatic carbocycles. The molecule has 0 fully saturated rings. The topological polar surface area (TPSA) is 42.4 Å². The predicted molar refractivity (Wildman–Crippen MR) is 69.5 cm³/mol. The van der Waals surface area contributed by atoms with E-state index in [0.717, 1.165) is 18.5 Å². The third kappa shape index (κ3) is 3.22. The number of hydrogen-bond donors (Lipinski definition) is 0. The van der Waals surface area contributed by atoms with Gasteiger partial charge in [-0.2, -0.15) is 0 Å². The molecule has 98 valence electrons. The Bertz CT molecular complexity index is 411. The first-order valence-corrected chi connectivity index (χ1v) is 6.36. The van der Waals surface area contributed by atoms with Gasteiger partial charge in [-0.3, -0.25) is 4.98 Å². The molecular weight excluding hydrogens is 228 g/mol. The lowest BCUT2D eigenvalue weighted by Gasteiger charge is -2.26. The fraction of sp³-hybridized carbons (Fsp3) is 0.571. The Morgan fingerprint density at radius 3 is 2.78 bits per heavy atom. The van der Waals surface area contributed by atoms with Crippen molar-refractivity contribution in [2.75, 3.05) is 13.1 Å². The average molecular weight is 248 g/mol. The van der Waals surface area contributed by atoms with Crippen molar-refractivity contribution in [2.45, 2.75) is 39.2 Å². The zero-order valence-corrected chi connectivity index (χ0v) is 11.3. The fourth-order valence-corrected chi connectivity index (χ4v) is 2.04. The van der Waals surface area contributed by atoms with Crippen LogP contribution in [0, 0.1) is 0 Å². The summed E-state index contributed by atoms with van der Waals surface area (Å²) in [5.41, 5.74) is 1.90. The Labute approximate surface area is 108 Å². The van der Waals surface area contributed by atoms with Crippen LogP contribution >= 0.6 is 0 Å². The molecule has 1 aromatic rings. The van der Waals surface area contributed by atoms with Crippen molar-refractivity contribution in [3.05, 3.63) is 29.6 Å². The molecule has 2 rings (SSSR count). The summed E-state index contributed by atoms with van der Waals surface area (Å²) in [5, 5.41) is 0. The highest BCUT2D eigenvalue weighted by atomic mass is 16.6. The monoisotopic (exact) mass is 248 g/mol. The highest BCUT2D eigenvalue weighted by Gasteiger charge is 2.24. The third-order valence-corrected chi connectivity index (χ3v) is 2.91. The predicted octanol–water partition coefficient (Wildman–Crippen LogP) is 2.42. The van der Waals surface area contributed by atoms with E-state index in [0.29, 0.717) is 13.1 Å². The smallest absolute Gasteiger partial charge is 0.410 e. The number of ether oxygens (including phenoxy) is 1. The molecule has 0 N–H and O–H groups in total. The summed E-state index contributed by atoms with van der Waals surface area (Å²) in [6, 6.07) is 4.03. The number of aromatic nitrogens is 1. The van der Waals surface area contributed by atoms with E-state index in [2.05, 4.69) is 11.1 Å². The van der Waals surface area contributed by atoms with E-state index in [-0.39, 0.29) is 6.09 Å². The molecule has 1 aromatic heterocycles. The van der Waals surface area contributed by atoms with E-state index in [1.54, 1.807) is 4.90 Å². The molecule has 0 bridgehead atoms. The van der Waals surface area contributed by atoms with Crippen LogP contribution in [-0.2, 0) is 17.6 Å². The van der Waals surface area contributed by atoms with Crippen LogP contribution in [-0.4, -0.2) is 34.7 Å². The van der Waals surface area contributed by atoms with E-state index >= 15 is 0 Å². The van der Waals surface area contributed by atoms with Crippen molar-refractivity contribution in [3.8, 4) is 0 Å². The highest BCUT2D eigenvalue weighted by molar-refractivity contribution is 5.68. The maximum atomic E-state index is 12.0. The number of pyridine rings is 1. The van der Waals surface area contributed by atoms with Gasteiger partial charge in [-0.15, -0.1) is 0 Å². The zero-order chi connectivity index (χ0) is 13.2. The standard InChI is InChI=1S/C14H20N2O2/c1-14(2,3)18-13(17)16-9-6-11-5-4-8-15-12(11)7-10-16/h4-5,8H,6-7,9-10H2,1-3H3. The van der Waals surface area contributed by atoms with Crippen molar-refractivity contribution >= 4 is 6.09 Å². The lowest BCUT2D eigenvalue weighted by atomic mass is 10.1. The van der Waals surface area contributed by atoms with Gasteiger partial charge in [0, 0.05) is 31.4 Å². The van der Waals surface area contributed by atoms with Crippen LogP contribution in [0.3, 0.4) is 0 Å². The van der Waals surface area contributed by atoms with Crippen LogP contribution in [0.1, 0.15) is 32.0 Å². The number of hydrogen-bond acceptors (Lipinski definition) is 3. The number of nitrogens with zero attached hydrogens (tertiary/aromatic N) is 2. The maximum Gasteiger partial charge on any atom is 0.410 e. The van der Waals surface area contributed by atoms with Gasteiger partial charge in [0.15, 0.2) is 0 Å². The largest absolute Gasteiger partial charge is 0.444 e. The first-order chi connectivity index (χ1) is 8.46. The number of amides is 1. The number of rotatable bonds is 0. The molecular formula is C14H20N2O2. The minimum atomic E-state index is -0.436. The van der Waals surface area contributed by atoms with Gasteiger partial charge < -0.3 is 9.64 Å². The van der Waals surface area contributed by atoms with Gasteiger partial charge in [0.25, 0.3) is 0 Å². The Balaban J connectivity index is 2.02. The number of carbonyl (C=O) groups is 1. The molecule has 0 radical (unpaired) electrons. The third-order valence-electron chi connectivity index (χ3n) is 2.91. The van der Waals surface area contributed by atoms with Crippen LogP contribution < -0.4 is 0 Å². The second kappa shape index (κ2) is 4.96. The summed E-state index contributed by atoms with van der Waals surface area (Å²) >= 11 is 0. The second-order valence-corrected chi connectivity index (χ2v) is 5.58. The van der Waals surface area contributed by atoms with Crippen molar-refractivity contribution in [1.82, 2.24) is 9.88 Å². The van der Waals surface area contributed by atoms with Gasteiger partial charge >= 0.3 is 6.09 Å². The van der Waals surface area contributed by atoms with Gasteiger partial charge in [-0.05, 0) is 38.8 Å². The lowest BCUT2D eigenvalue weighted by Crippen LogP contribution is -2.38. The quantitative estimate of drug-likeness (QED) is 0.708. The molecule has 18 heavy (non-hydrogen) atoms. The molecule has 1 aliphatic heterocycles. The van der Waals surface area contributed by atoms with Gasteiger partial charge in [-0.1, -0.05) is 6.07 Å². The summed E-state index contributed by atoms with van der Waals surface area (Å²) in [4.78, 5) is 18.1. The SMILES string of the molecule is CC(C)(C)OC(=O)N1CCc2cccnc2CC1. The molecule has 1 amide bonds. The number of fused-ring (bicyclic) bond motifs is 1. The maximum absolute atomic E-state index is 12.0. The van der Waals surface area contributed by atoms with Crippen LogP contribution in [0.5, 0.6) is 0 Å². The van der Waals surface area contributed by atoms with Crippen LogP contribution in [0.15, 0.2) is 18.3 Å². The normalized spacial score (nSPS) is 15.8.